The first-order valence-electron chi connectivity index (χ1n) is 19.2. The summed E-state index contributed by atoms with van der Waals surface area (Å²) in [7, 11) is -1.94. The Morgan fingerprint density at radius 2 is 1.71 bits per heavy atom. The van der Waals surface area contributed by atoms with Crippen LogP contribution in [0.4, 0.5) is 14.5 Å². The third-order valence-corrected chi connectivity index (χ3v) is 15.1. The number of methoxy groups -OCH3 is 1. The number of carbonyl (C=O) groups is 2. The van der Waals surface area contributed by atoms with E-state index in [-0.39, 0.29) is 60.2 Å². The van der Waals surface area contributed by atoms with Crippen LogP contribution in [0, 0.1) is 23.6 Å². The van der Waals surface area contributed by atoms with Gasteiger partial charge in [0.05, 0.1) is 30.3 Å². The molecule has 3 heterocycles. The quantitative estimate of drug-likeness (QED) is 0.262. The summed E-state index contributed by atoms with van der Waals surface area (Å²) in [6, 6.07) is 12.3. The van der Waals surface area contributed by atoms with Crippen LogP contribution in [0.2, 0.25) is 0 Å². The van der Waals surface area contributed by atoms with Gasteiger partial charge in [-0.3, -0.25) is 19.4 Å². The van der Waals surface area contributed by atoms with Crippen molar-refractivity contribution in [3.63, 3.8) is 0 Å². The SMILES string of the molecule is COC(=O)C[C@H]1CCC[C@@H]1[C@](CNC(C)=O)(c1cccc(F)c1)C1CCN(CC2(F)CN(c3ccc(S(=O)(=O)C4CC4)c(CN4CCC4)c3)C2)CC1. The fourth-order valence-electron chi connectivity index (χ4n) is 9.87. The Kier molecular flexibility index (Phi) is 10.7. The number of hydrogen-bond acceptors (Lipinski definition) is 8. The Hall–Kier alpha value is -3.09. The number of anilines is 1. The van der Waals surface area contributed by atoms with E-state index in [1.807, 2.05) is 23.1 Å². The van der Waals surface area contributed by atoms with E-state index in [4.69, 9.17) is 4.74 Å². The van der Waals surface area contributed by atoms with E-state index < -0.39 is 20.9 Å². The van der Waals surface area contributed by atoms with Gasteiger partial charge in [0.25, 0.3) is 0 Å². The summed E-state index contributed by atoms with van der Waals surface area (Å²) in [5, 5.41) is 2.83. The number of esters is 1. The molecule has 0 unspecified atom stereocenters. The third-order valence-electron chi connectivity index (χ3n) is 12.8. The lowest BCUT2D eigenvalue weighted by Gasteiger charge is -2.52. The maximum Gasteiger partial charge on any atom is 0.305 e. The number of likely N-dealkylation sites (tertiary alicyclic amines) is 2. The zero-order valence-electron chi connectivity index (χ0n) is 30.6. The van der Waals surface area contributed by atoms with E-state index in [1.165, 1.54) is 20.1 Å². The Balaban J connectivity index is 1.05. The number of rotatable bonds is 14. The number of carbonyl (C=O) groups excluding carboxylic acids is 2. The van der Waals surface area contributed by atoms with E-state index in [1.54, 1.807) is 18.2 Å². The molecule has 0 aromatic heterocycles. The van der Waals surface area contributed by atoms with Gasteiger partial charge in [-0.05, 0) is 130 Å². The number of alkyl halides is 1. The molecule has 1 amide bonds. The van der Waals surface area contributed by atoms with Crippen molar-refractivity contribution in [3.05, 3.63) is 59.4 Å². The summed E-state index contributed by atoms with van der Waals surface area (Å²) in [5.41, 5.74) is 0.550. The lowest BCUT2D eigenvalue weighted by atomic mass is 9.57. The molecule has 52 heavy (non-hydrogen) atoms. The average molecular weight is 741 g/mol. The molecule has 5 aliphatic rings. The second-order valence-electron chi connectivity index (χ2n) is 16.3. The van der Waals surface area contributed by atoms with Crippen molar-refractivity contribution in [1.82, 2.24) is 15.1 Å². The highest BCUT2D eigenvalue weighted by Crippen LogP contribution is 2.53. The van der Waals surface area contributed by atoms with E-state index in [0.29, 0.717) is 37.6 Å². The monoisotopic (exact) mass is 740 g/mol. The zero-order valence-corrected chi connectivity index (χ0v) is 31.4. The van der Waals surface area contributed by atoms with Gasteiger partial charge in [-0.25, -0.2) is 17.2 Å². The Morgan fingerprint density at radius 1 is 0.962 bits per heavy atom. The van der Waals surface area contributed by atoms with Crippen molar-refractivity contribution in [3.8, 4) is 0 Å². The van der Waals surface area contributed by atoms with Gasteiger partial charge < -0.3 is 15.0 Å². The van der Waals surface area contributed by atoms with E-state index in [0.717, 1.165) is 81.3 Å². The predicted molar refractivity (Wildman–Crippen MR) is 196 cm³/mol. The normalized spacial score (nSPS) is 25.2. The molecule has 2 saturated carbocycles. The maximum absolute atomic E-state index is 16.4. The standard InChI is InChI=1S/C40H54F2N4O5S/c1-28(47)43-24-40(32-7-4-8-33(41)22-32,36-9-3-6-29(36)21-38(48)51-2)31-14-18-45(19-15-31)25-39(42)26-46(27-39)34-10-13-37(52(49,50)35-11-12-35)30(20-34)23-44-16-5-17-44/h4,7-8,10,13,20,22,29,31,35-36H,3,5-6,9,11-12,14-19,21,23-27H2,1-2H3,(H,43,47)/t29-,36+,40+/m1/s1. The summed E-state index contributed by atoms with van der Waals surface area (Å²) < 4.78 is 62.8. The van der Waals surface area contributed by atoms with Gasteiger partial charge in [-0.15, -0.1) is 0 Å². The molecule has 0 radical (unpaired) electrons. The van der Waals surface area contributed by atoms with Crippen LogP contribution in [0.25, 0.3) is 0 Å². The molecule has 2 aromatic carbocycles. The third kappa shape index (κ3) is 7.62. The van der Waals surface area contributed by atoms with Crippen LogP contribution in [0.15, 0.2) is 47.4 Å². The summed E-state index contributed by atoms with van der Waals surface area (Å²) >= 11 is 0. The van der Waals surface area contributed by atoms with Crippen LogP contribution in [-0.4, -0.2) is 100 Å². The van der Waals surface area contributed by atoms with Gasteiger partial charge >= 0.3 is 5.97 Å². The van der Waals surface area contributed by atoms with Crippen LogP contribution in [0.1, 0.15) is 75.8 Å². The lowest BCUT2D eigenvalue weighted by Crippen LogP contribution is -2.64. The topological polar surface area (TPSA) is 99.3 Å². The first-order valence-corrected chi connectivity index (χ1v) is 20.8. The summed E-state index contributed by atoms with van der Waals surface area (Å²) in [6.45, 7) is 6.53. The molecule has 0 spiro atoms. The number of halogens is 2. The van der Waals surface area contributed by atoms with Gasteiger partial charge in [0.15, 0.2) is 15.5 Å². The number of hydrogen-bond donors (Lipinski definition) is 1. The number of ether oxygens (including phenoxy) is 1. The number of piperidine rings is 1. The van der Waals surface area contributed by atoms with Gasteiger partial charge in [-0.1, -0.05) is 18.6 Å². The number of nitrogens with zero attached hydrogens (tertiary/aromatic N) is 3. The minimum atomic E-state index is -3.34. The van der Waals surface area contributed by atoms with Crippen molar-refractivity contribution in [1.29, 1.82) is 0 Å². The van der Waals surface area contributed by atoms with Gasteiger partial charge in [-0.2, -0.15) is 0 Å². The molecule has 3 atom stereocenters. The van der Waals surface area contributed by atoms with Crippen LogP contribution in [0.5, 0.6) is 0 Å². The van der Waals surface area contributed by atoms with Crippen molar-refractivity contribution < 1.29 is 31.5 Å². The van der Waals surface area contributed by atoms with Crippen molar-refractivity contribution >= 4 is 27.4 Å². The summed E-state index contributed by atoms with van der Waals surface area (Å²) in [4.78, 5) is 31.8. The molecule has 1 N–H and O–H groups in total. The predicted octanol–water partition coefficient (Wildman–Crippen LogP) is 5.26. The number of amides is 1. The summed E-state index contributed by atoms with van der Waals surface area (Å²) in [5.74, 6) is -0.557. The van der Waals surface area contributed by atoms with E-state index >= 15 is 4.39 Å². The molecule has 2 aromatic rings. The largest absolute Gasteiger partial charge is 0.469 e. The minimum absolute atomic E-state index is 0.0427. The van der Waals surface area contributed by atoms with Crippen molar-refractivity contribution in [2.45, 2.75) is 92.5 Å². The fraction of sp³-hybridized carbons (Fsp3) is 0.650. The molecule has 3 aliphatic heterocycles. The Bertz CT molecular complexity index is 1740. The minimum Gasteiger partial charge on any atom is -0.469 e. The molecule has 2 aliphatic carbocycles. The van der Waals surface area contributed by atoms with Gasteiger partial charge in [0, 0.05) is 44.1 Å². The van der Waals surface area contributed by atoms with E-state index in [2.05, 4.69) is 15.1 Å². The lowest BCUT2D eigenvalue weighted by molar-refractivity contribution is -0.142. The number of benzene rings is 2. The molecule has 12 heteroatoms. The smallest absolute Gasteiger partial charge is 0.305 e. The Labute approximate surface area is 307 Å². The van der Waals surface area contributed by atoms with Crippen LogP contribution < -0.4 is 10.2 Å². The maximum atomic E-state index is 16.4. The first kappa shape index (κ1) is 37.2. The van der Waals surface area contributed by atoms with Crippen LogP contribution in [-0.2, 0) is 36.1 Å². The highest BCUT2D eigenvalue weighted by Gasteiger charge is 2.53. The molecular formula is C40H54F2N4O5S. The van der Waals surface area contributed by atoms with Crippen LogP contribution >= 0.6 is 0 Å². The second-order valence-corrected chi connectivity index (χ2v) is 18.5. The number of nitrogens with one attached hydrogen (secondary N) is 1. The highest BCUT2D eigenvalue weighted by atomic mass is 32.2. The van der Waals surface area contributed by atoms with E-state index in [9.17, 15) is 22.4 Å². The second kappa shape index (κ2) is 15.0. The molecule has 7 rings (SSSR count). The molecule has 0 bridgehead atoms. The molecule has 5 fully saturated rings. The Morgan fingerprint density at radius 3 is 2.35 bits per heavy atom. The van der Waals surface area contributed by atoms with Gasteiger partial charge in [0.2, 0.25) is 5.91 Å². The average Bonchev–Trinajstić information content (AvgIpc) is 3.86. The highest BCUT2D eigenvalue weighted by molar-refractivity contribution is 7.92. The molecule has 3 saturated heterocycles. The fourth-order valence-corrected chi connectivity index (χ4v) is 11.7. The first-order chi connectivity index (χ1) is 24.9. The number of sulfone groups is 1. The summed E-state index contributed by atoms with van der Waals surface area (Å²) in [6.07, 6.45) is 7.05. The molecular weight excluding hydrogens is 687 g/mol. The van der Waals surface area contributed by atoms with Crippen molar-refractivity contribution in [2.24, 2.45) is 17.8 Å². The van der Waals surface area contributed by atoms with Crippen LogP contribution in [0.3, 0.4) is 0 Å². The van der Waals surface area contributed by atoms with Gasteiger partial charge in [0.1, 0.15) is 5.82 Å². The zero-order chi connectivity index (χ0) is 36.7. The van der Waals surface area contributed by atoms with Crippen molar-refractivity contribution in [2.75, 3.05) is 64.4 Å². The molecule has 284 valence electrons. The molecule has 9 nitrogen and oxygen atoms in total.